The van der Waals surface area contributed by atoms with Gasteiger partial charge >= 0.3 is 0 Å². The molecule has 0 saturated carbocycles. The van der Waals surface area contributed by atoms with E-state index in [2.05, 4.69) is 11.6 Å². The van der Waals surface area contributed by atoms with E-state index in [1.54, 1.807) is 0 Å². The molecule has 0 aliphatic rings. The number of hydrogen-bond donors (Lipinski definition) is 1. The maximum atomic E-state index is 11.3. The van der Waals surface area contributed by atoms with Crippen LogP contribution in [0.4, 0.5) is 8.78 Å². The van der Waals surface area contributed by atoms with Crippen LogP contribution < -0.4 is 0 Å². The highest BCUT2D eigenvalue weighted by Crippen LogP contribution is 2.13. The quantitative estimate of drug-likeness (QED) is 0.503. The molecule has 0 aliphatic heterocycles. The molecule has 3 nitrogen and oxygen atoms in total. The summed E-state index contributed by atoms with van der Waals surface area (Å²) >= 11 is 4.50. The fraction of sp³-hybridized carbons (Fsp3) is 1.00. The summed E-state index contributed by atoms with van der Waals surface area (Å²) in [7, 11) is -4.79. The molecule has 9 heavy (non-hydrogen) atoms. The van der Waals surface area contributed by atoms with Crippen LogP contribution in [-0.2, 0) is 10.1 Å². The van der Waals surface area contributed by atoms with Crippen LogP contribution in [0.1, 0.15) is 0 Å². The molecule has 0 heterocycles. The van der Waals surface area contributed by atoms with Gasteiger partial charge in [0.1, 0.15) is 0 Å². The zero-order chi connectivity index (χ0) is 7.65. The van der Waals surface area contributed by atoms with Crippen molar-refractivity contribution in [3.05, 3.63) is 0 Å². The van der Waals surface area contributed by atoms with Gasteiger partial charge in [0.25, 0.3) is 16.5 Å². The summed E-state index contributed by atoms with van der Waals surface area (Å²) in [6.07, 6.45) is -3.26. The van der Waals surface area contributed by atoms with E-state index in [1.807, 2.05) is 0 Å². The second-order valence-corrected chi connectivity index (χ2v) is 3.47. The van der Waals surface area contributed by atoms with Crippen LogP contribution in [-0.4, -0.2) is 24.1 Å². The molecule has 7 heteroatoms. The molecule has 0 saturated heterocycles. The lowest BCUT2D eigenvalue weighted by Gasteiger charge is -2.01. The Kier molecular flexibility index (Phi) is 2.78. The first-order valence-electron chi connectivity index (χ1n) is 1.74. The Morgan fingerprint density at radius 1 is 1.44 bits per heavy atom. The molecule has 0 rings (SSSR count). The average Bonchev–Trinajstić information content (AvgIpc) is 1.62. The molecule has 0 aromatic heterocycles. The summed E-state index contributed by atoms with van der Waals surface area (Å²) in [5.41, 5.74) is 0. The van der Waals surface area contributed by atoms with Gasteiger partial charge in [-0.15, -0.1) is 0 Å². The lowest BCUT2D eigenvalue weighted by atomic mass is 10.8. The number of hydrogen-bond acceptors (Lipinski definition) is 2. The van der Waals surface area contributed by atoms with E-state index in [0.717, 1.165) is 0 Å². The Labute approximate surface area is 55.4 Å². The SMILES string of the molecule is O=S(=O)(O)C(Cl)C(F)F. The molecule has 0 aliphatic carbocycles. The van der Waals surface area contributed by atoms with Gasteiger partial charge in [0, 0.05) is 0 Å². The summed E-state index contributed by atoms with van der Waals surface area (Å²) in [5.74, 6) is 0. The first kappa shape index (κ1) is 9.06. The Morgan fingerprint density at radius 2 is 1.78 bits per heavy atom. The van der Waals surface area contributed by atoms with E-state index in [4.69, 9.17) is 4.55 Å². The molecular weight excluding hydrogens is 178 g/mol. The van der Waals surface area contributed by atoms with Gasteiger partial charge in [-0.1, -0.05) is 11.6 Å². The lowest BCUT2D eigenvalue weighted by Crippen LogP contribution is -2.21. The number of rotatable bonds is 2. The molecule has 56 valence electrons. The van der Waals surface area contributed by atoms with Crippen molar-refractivity contribution in [2.24, 2.45) is 0 Å². The number of alkyl halides is 3. The highest BCUT2D eigenvalue weighted by molar-refractivity contribution is 7.87. The van der Waals surface area contributed by atoms with Crippen LogP contribution in [0.2, 0.25) is 0 Å². The molecule has 0 bridgehead atoms. The molecule has 0 spiro atoms. The molecular formula is C2H3ClF2O3S. The first-order chi connectivity index (χ1) is 3.85. The van der Waals surface area contributed by atoms with Gasteiger partial charge in [0.15, 0.2) is 0 Å². The molecule has 1 N–H and O–H groups in total. The van der Waals surface area contributed by atoms with Crippen molar-refractivity contribution in [1.82, 2.24) is 0 Å². The van der Waals surface area contributed by atoms with Crippen molar-refractivity contribution < 1.29 is 21.8 Å². The summed E-state index contributed by atoms with van der Waals surface area (Å²) in [6.45, 7) is 0. The van der Waals surface area contributed by atoms with E-state index >= 15 is 0 Å². The standard InChI is InChI=1S/C2H3ClF2O3S/c3-1(2(4)5)9(6,7)8/h1-2H,(H,6,7,8). The average molecular weight is 181 g/mol. The normalized spacial score (nSPS) is 16.1. The Bertz CT molecular complexity index is 176. The summed E-state index contributed by atoms with van der Waals surface area (Å²) in [6, 6.07) is 0. The third-order valence-corrected chi connectivity index (χ3v) is 2.12. The molecule has 1 atom stereocenters. The van der Waals surface area contributed by atoms with Crippen LogP contribution in [0, 0.1) is 0 Å². The van der Waals surface area contributed by atoms with E-state index in [-0.39, 0.29) is 0 Å². The highest BCUT2D eigenvalue weighted by atomic mass is 35.5. The van der Waals surface area contributed by atoms with Gasteiger partial charge in [-0.3, -0.25) is 4.55 Å². The van der Waals surface area contributed by atoms with Gasteiger partial charge in [-0.05, 0) is 0 Å². The monoisotopic (exact) mass is 180 g/mol. The summed E-state index contributed by atoms with van der Waals surface area (Å²) < 4.78 is 47.2. The van der Waals surface area contributed by atoms with Crippen LogP contribution in [0.3, 0.4) is 0 Å². The molecule has 0 aromatic rings. The van der Waals surface area contributed by atoms with Gasteiger partial charge in [0.2, 0.25) is 4.71 Å². The fourth-order valence-electron chi connectivity index (χ4n) is 0.130. The largest absolute Gasteiger partial charge is 0.287 e. The van der Waals surface area contributed by atoms with Crippen molar-refractivity contribution in [3.8, 4) is 0 Å². The molecule has 1 unspecified atom stereocenters. The van der Waals surface area contributed by atoms with Crippen molar-refractivity contribution >= 4 is 21.7 Å². The summed E-state index contributed by atoms with van der Waals surface area (Å²) in [5, 5.41) is 0. The maximum Gasteiger partial charge on any atom is 0.287 e. The zero-order valence-corrected chi connectivity index (χ0v) is 5.53. The first-order valence-corrected chi connectivity index (χ1v) is 3.68. The van der Waals surface area contributed by atoms with Gasteiger partial charge in [0.05, 0.1) is 0 Å². The van der Waals surface area contributed by atoms with Gasteiger partial charge < -0.3 is 0 Å². The third kappa shape index (κ3) is 2.92. The molecule has 0 aromatic carbocycles. The smallest absolute Gasteiger partial charge is 0.284 e. The zero-order valence-electron chi connectivity index (χ0n) is 3.96. The van der Waals surface area contributed by atoms with Crippen LogP contribution in [0.25, 0.3) is 0 Å². The maximum absolute atomic E-state index is 11.3. The van der Waals surface area contributed by atoms with Gasteiger partial charge in [-0.2, -0.15) is 8.42 Å². The van der Waals surface area contributed by atoms with E-state index < -0.39 is 21.3 Å². The van der Waals surface area contributed by atoms with Crippen molar-refractivity contribution in [3.63, 3.8) is 0 Å². The van der Waals surface area contributed by atoms with Gasteiger partial charge in [-0.25, -0.2) is 8.78 Å². The number of halogens is 3. The van der Waals surface area contributed by atoms with E-state index in [1.165, 1.54) is 0 Å². The predicted molar refractivity (Wildman–Crippen MR) is 27.2 cm³/mol. The summed E-state index contributed by atoms with van der Waals surface area (Å²) in [4.78, 5) is 0. The fourth-order valence-corrected chi connectivity index (χ4v) is 0.390. The second-order valence-electron chi connectivity index (χ2n) is 1.20. The van der Waals surface area contributed by atoms with E-state index in [0.29, 0.717) is 0 Å². The van der Waals surface area contributed by atoms with Crippen molar-refractivity contribution in [2.45, 2.75) is 11.1 Å². The highest BCUT2D eigenvalue weighted by Gasteiger charge is 2.29. The Morgan fingerprint density at radius 3 is 1.78 bits per heavy atom. The molecule has 0 radical (unpaired) electrons. The van der Waals surface area contributed by atoms with Crippen molar-refractivity contribution in [1.29, 1.82) is 0 Å². The van der Waals surface area contributed by atoms with Crippen molar-refractivity contribution in [2.75, 3.05) is 0 Å². The minimum Gasteiger partial charge on any atom is -0.284 e. The lowest BCUT2D eigenvalue weighted by molar-refractivity contribution is 0.160. The van der Waals surface area contributed by atoms with Crippen LogP contribution in [0.15, 0.2) is 0 Å². The minimum atomic E-state index is -4.79. The Balaban J connectivity index is 4.24. The molecule has 0 amide bonds. The minimum absolute atomic E-state index is 2.52. The third-order valence-electron chi connectivity index (χ3n) is 0.483. The topological polar surface area (TPSA) is 54.4 Å². The molecule has 0 fully saturated rings. The van der Waals surface area contributed by atoms with Crippen LogP contribution >= 0.6 is 11.6 Å². The predicted octanol–water partition coefficient (Wildman–Crippen LogP) is 0.704. The van der Waals surface area contributed by atoms with Crippen LogP contribution in [0.5, 0.6) is 0 Å². The van der Waals surface area contributed by atoms with E-state index in [9.17, 15) is 17.2 Å². The second kappa shape index (κ2) is 2.76. The Hall–Kier alpha value is 0.0600.